The van der Waals surface area contributed by atoms with Gasteiger partial charge in [0, 0.05) is 16.4 Å². The first-order valence-electron chi connectivity index (χ1n) is 5.84. The molecule has 1 spiro atoms. The van der Waals surface area contributed by atoms with Crippen molar-refractivity contribution in [3.05, 3.63) is 0 Å². The smallest absolute Gasteiger partial charge is 0.0721 e. The van der Waals surface area contributed by atoms with Crippen molar-refractivity contribution in [3.8, 4) is 0 Å². The molecule has 2 heteroatoms. The van der Waals surface area contributed by atoms with Crippen LogP contribution in [0.25, 0.3) is 0 Å². The van der Waals surface area contributed by atoms with Crippen LogP contribution in [0.1, 0.15) is 39.5 Å². The summed E-state index contributed by atoms with van der Waals surface area (Å²) in [6, 6.07) is 0. The molecule has 0 amide bonds. The Kier molecular flexibility index (Phi) is 3.42. The van der Waals surface area contributed by atoms with E-state index in [1.165, 1.54) is 30.1 Å². The van der Waals surface area contributed by atoms with Crippen molar-refractivity contribution in [2.75, 3.05) is 11.0 Å². The molecular formula is C12H21IO. The SMILES string of the molecule is CC1CC(C)CC2(CCOC2CI)C1. The van der Waals surface area contributed by atoms with Crippen LogP contribution in [0.5, 0.6) is 0 Å². The maximum Gasteiger partial charge on any atom is 0.0721 e. The summed E-state index contributed by atoms with van der Waals surface area (Å²) in [6.07, 6.45) is 6.11. The van der Waals surface area contributed by atoms with E-state index in [1.54, 1.807) is 0 Å². The van der Waals surface area contributed by atoms with Crippen LogP contribution in [-0.4, -0.2) is 17.1 Å². The molecule has 1 aliphatic heterocycles. The molecule has 1 saturated carbocycles. The maximum atomic E-state index is 5.88. The van der Waals surface area contributed by atoms with Crippen LogP contribution in [0.4, 0.5) is 0 Å². The fraction of sp³-hybridized carbons (Fsp3) is 1.00. The Balaban J connectivity index is 2.12. The number of alkyl halides is 1. The van der Waals surface area contributed by atoms with Crippen LogP contribution in [-0.2, 0) is 4.74 Å². The molecule has 1 nitrogen and oxygen atoms in total. The third-order valence-corrected chi connectivity index (χ3v) is 4.86. The molecule has 3 unspecified atom stereocenters. The zero-order valence-electron chi connectivity index (χ0n) is 9.26. The Morgan fingerprint density at radius 2 is 1.93 bits per heavy atom. The van der Waals surface area contributed by atoms with Gasteiger partial charge in [-0.1, -0.05) is 36.4 Å². The van der Waals surface area contributed by atoms with Crippen molar-refractivity contribution in [1.82, 2.24) is 0 Å². The highest BCUT2D eigenvalue weighted by atomic mass is 127. The minimum Gasteiger partial charge on any atom is -0.377 e. The van der Waals surface area contributed by atoms with E-state index in [9.17, 15) is 0 Å². The van der Waals surface area contributed by atoms with Crippen LogP contribution in [0, 0.1) is 17.3 Å². The fourth-order valence-electron chi connectivity index (χ4n) is 3.74. The zero-order valence-corrected chi connectivity index (χ0v) is 11.4. The first kappa shape index (κ1) is 11.2. The number of rotatable bonds is 1. The van der Waals surface area contributed by atoms with E-state index >= 15 is 0 Å². The quantitative estimate of drug-likeness (QED) is 0.531. The lowest BCUT2D eigenvalue weighted by Gasteiger charge is -2.42. The molecule has 0 aromatic rings. The first-order chi connectivity index (χ1) is 6.66. The molecule has 1 saturated heterocycles. The van der Waals surface area contributed by atoms with E-state index in [0.29, 0.717) is 11.5 Å². The Morgan fingerprint density at radius 3 is 2.50 bits per heavy atom. The molecule has 0 bridgehead atoms. The number of halogens is 1. The maximum absolute atomic E-state index is 5.88. The molecule has 14 heavy (non-hydrogen) atoms. The summed E-state index contributed by atoms with van der Waals surface area (Å²) in [5.74, 6) is 1.82. The van der Waals surface area contributed by atoms with E-state index in [-0.39, 0.29) is 0 Å². The monoisotopic (exact) mass is 308 g/mol. The third-order valence-electron chi connectivity index (χ3n) is 4.06. The second-order valence-corrected chi connectivity index (χ2v) is 6.36. The molecule has 2 rings (SSSR count). The highest BCUT2D eigenvalue weighted by Crippen LogP contribution is 2.51. The summed E-state index contributed by atoms with van der Waals surface area (Å²) in [5.41, 5.74) is 0.554. The molecule has 1 aliphatic carbocycles. The summed E-state index contributed by atoms with van der Waals surface area (Å²) in [6.45, 7) is 5.84. The van der Waals surface area contributed by atoms with Crippen LogP contribution in [0.3, 0.4) is 0 Å². The summed E-state index contributed by atoms with van der Waals surface area (Å²) >= 11 is 2.49. The Hall–Kier alpha value is 0.690. The minimum absolute atomic E-state index is 0.549. The van der Waals surface area contributed by atoms with E-state index in [4.69, 9.17) is 4.74 Å². The van der Waals surface area contributed by atoms with Gasteiger partial charge in [-0.05, 0) is 37.5 Å². The van der Waals surface area contributed by atoms with Gasteiger partial charge in [0.2, 0.25) is 0 Å². The summed E-state index contributed by atoms with van der Waals surface area (Å²) in [4.78, 5) is 0. The van der Waals surface area contributed by atoms with Gasteiger partial charge in [0.05, 0.1) is 6.10 Å². The first-order valence-corrected chi connectivity index (χ1v) is 7.36. The average Bonchev–Trinajstić information content (AvgIpc) is 2.45. The lowest BCUT2D eigenvalue weighted by molar-refractivity contribution is 0.0189. The Labute approximate surface area is 101 Å². The van der Waals surface area contributed by atoms with Crippen molar-refractivity contribution in [2.45, 2.75) is 45.6 Å². The van der Waals surface area contributed by atoms with E-state index in [1.807, 2.05) is 0 Å². The van der Waals surface area contributed by atoms with Gasteiger partial charge < -0.3 is 4.74 Å². The fourth-order valence-corrected chi connectivity index (χ4v) is 4.93. The molecule has 3 atom stereocenters. The van der Waals surface area contributed by atoms with Gasteiger partial charge in [-0.25, -0.2) is 0 Å². The Bertz CT molecular complexity index is 194. The lowest BCUT2D eigenvalue weighted by atomic mass is 9.63. The molecule has 0 N–H and O–H groups in total. The van der Waals surface area contributed by atoms with Crippen molar-refractivity contribution < 1.29 is 4.74 Å². The molecule has 82 valence electrons. The number of hydrogen-bond acceptors (Lipinski definition) is 1. The third kappa shape index (κ3) is 1.97. The van der Waals surface area contributed by atoms with E-state index in [0.717, 1.165) is 18.4 Å². The van der Waals surface area contributed by atoms with Crippen molar-refractivity contribution >= 4 is 22.6 Å². The molecular weight excluding hydrogens is 287 g/mol. The second-order valence-electron chi connectivity index (χ2n) is 5.48. The summed E-state index contributed by atoms with van der Waals surface area (Å²) < 4.78 is 7.06. The van der Waals surface area contributed by atoms with Crippen LogP contribution < -0.4 is 0 Å². The molecule has 0 aromatic carbocycles. The second kappa shape index (κ2) is 4.28. The van der Waals surface area contributed by atoms with Crippen LogP contribution in [0.2, 0.25) is 0 Å². The molecule has 0 aromatic heterocycles. The van der Waals surface area contributed by atoms with Crippen LogP contribution in [0.15, 0.2) is 0 Å². The molecule has 0 radical (unpaired) electrons. The van der Waals surface area contributed by atoms with Crippen LogP contribution >= 0.6 is 22.6 Å². The van der Waals surface area contributed by atoms with Gasteiger partial charge in [0.15, 0.2) is 0 Å². The predicted molar refractivity (Wildman–Crippen MR) is 67.9 cm³/mol. The minimum atomic E-state index is 0.549. The van der Waals surface area contributed by atoms with Crippen molar-refractivity contribution in [1.29, 1.82) is 0 Å². The van der Waals surface area contributed by atoms with Gasteiger partial charge in [-0.15, -0.1) is 0 Å². The molecule has 2 aliphatic rings. The highest BCUT2D eigenvalue weighted by Gasteiger charge is 2.47. The van der Waals surface area contributed by atoms with Crippen molar-refractivity contribution in [3.63, 3.8) is 0 Å². The lowest BCUT2D eigenvalue weighted by Crippen LogP contribution is -2.39. The van der Waals surface area contributed by atoms with E-state index < -0.39 is 0 Å². The van der Waals surface area contributed by atoms with Gasteiger partial charge in [-0.2, -0.15) is 0 Å². The Morgan fingerprint density at radius 1 is 1.29 bits per heavy atom. The molecule has 1 heterocycles. The zero-order chi connectivity index (χ0) is 10.2. The topological polar surface area (TPSA) is 9.23 Å². The number of hydrogen-bond donors (Lipinski definition) is 0. The summed E-state index contributed by atoms with van der Waals surface area (Å²) in [5, 5.41) is 0. The normalized spacial score (nSPS) is 48.6. The standard InChI is InChI=1S/C12H21IO/c1-9-5-10(2)7-12(6-9)3-4-14-11(12)8-13/h9-11H,3-8H2,1-2H3. The van der Waals surface area contributed by atoms with Gasteiger partial charge in [0.1, 0.15) is 0 Å². The van der Waals surface area contributed by atoms with Gasteiger partial charge in [0.25, 0.3) is 0 Å². The van der Waals surface area contributed by atoms with Gasteiger partial charge in [-0.3, -0.25) is 0 Å². The largest absolute Gasteiger partial charge is 0.377 e. The van der Waals surface area contributed by atoms with Crippen molar-refractivity contribution in [2.24, 2.45) is 17.3 Å². The average molecular weight is 308 g/mol. The van der Waals surface area contributed by atoms with Gasteiger partial charge >= 0.3 is 0 Å². The van der Waals surface area contributed by atoms with E-state index in [2.05, 4.69) is 36.4 Å². The predicted octanol–water partition coefficient (Wildman–Crippen LogP) is 3.65. The molecule has 2 fully saturated rings. The number of ether oxygens (including phenoxy) is 1. The highest BCUT2D eigenvalue weighted by molar-refractivity contribution is 14.1. The summed E-state index contributed by atoms with van der Waals surface area (Å²) in [7, 11) is 0.